The minimum Gasteiger partial charge on any atom is -0.338 e. The van der Waals surface area contributed by atoms with Crippen LogP contribution in [0.3, 0.4) is 0 Å². The summed E-state index contributed by atoms with van der Waals surface area (Å²) in [6.07, 6.45) is 2.62. The lowest BCUT2D eigenvalue weighted by Crippen LogP contribution is -2.26. The molecule has 120 valence electrons. The number of rotatable bonds is 3. The van der Waals surface area contributed by atoms with Gasteiger partial charge < -0.3 is 10.2 Å². The molecule has 24 heavy (non-hydrogen) atoms. The molecule has 4 rings (SSSR count). The summed E-state index contributed by atoms with van der Waals surface area (Å²) >= 11 is 3.53. The minimum absolute atomic E-state index is 0.308. The lowest BCUT2D eigenvalue weighted by molar-refractivity contribution is 0.730. The number of nitrogens with one attached hydrogen (secondary N) is 1. The maximum atomic E-state index is 4.66. The van der Waals surface area contributed by atoms with Gasteiger partial charge in [0.25, 0.3) is 5.95 Å². The number of halogens is 1. The Kier molecular flexibility index (Phi) is 3.90. The fourth-order valence-electron chi connectivity index (χ4n) is 3.03. The number of aromatic nitrogens is 3. The Hall–Kier alpha value is -2.47. The molecule has 1 atom stereocenters. The van der Waals surface area contributed by atoms with Gasteiger partial charge in [0.05, 0.1) is 11.9 Å². The maximum absolute atomic E-state index is 4.66. The van der Waals surface area contributed by atoms with Crippen molar-refractivity contribution >= 4 is 39.1 Å². The average molecular weight is 382 g/mol. The molecular formula is C18H16BrN5. The highest BCUT2D eigenvalue weighted by Gasteiger charge is 2.29. The summed E-state index contributed by atoms with van der Waals surface area (Å²) in [6.45, 7) is 2.18. The van der Waals surface area contributed by atoms with Gasteiger partial charge in [0.2, 0.25) is 0 Å². The van der Waals surface area contributed by atoms with Gasteiger partial charge in [-0.1, -0.05) is 30.3 Å². The van der Waals surface area contributed by atoms with Gasteiger partial charge in [-0.2, -0.15) is 10.1 Å². The molecule has 2 aromatic carbocycles. The van der Waals surface area contributed by atoms with Crippen molar-refractivity contribution < 1.29 is 0 Å². The van der Waals surface area contributed by atoms with Crippen molar-refractivity contribution in [3.05, 3.63) is 64.8 Å². The van der Waals surface area contributed by atoms with E-state index in [1.807, 2.05) is 30.3 Å². The standard InChI is InChI=1S/C18H16BrN5/c1-12-10-13-6-2-5-9-16(13)24(12)18-22-17(11-20-23-18)21-15-8-4-3-7-14(15)19/h2-9,11-12H,10H2,1H3,(H,21,22,23). The summed E-state index contributed by atoms with van der Waals surface area (Å²) in [5.41, 5.74) is 3.42. The van der Waals surface area contributed by atoms with Crippen molar-refractivity contribution in [1.82, 2.24) is 15.2 Å². The van der Waals surface area contributed by atoms with Gasteiger partial charge in [0, 0.05) is 16.2 Å². The number of fused-ring (bicyclic) bond motifs is 1. The summed E-state index contributed by atoms with van der Waals surface area (Å²) in [7, 11) is 0. The van der Waals surface area contributed by atoms with E-state index in [0.29, 0.717) is 17.8 Å². The Labute approximate surface area is 148 Å². The van der Waals surface area contributed by atoms with Crippen LogP contribution in [0.5, 0.6) is 0 Å². The number of anilines is 4. The molecule has 0 fully saturated rings. The number of nitrogens with zero attached hydrogens (tertiary/aromatic N) is 4. The fourth-order valence-corrected chi connectivity index (χ4v) is 3.41. The topological polar surface area (TPSA) is 53.9 Å². The minimum atomic E-state index is 0.308. The molecule has 0 saturated carbocycles. The summed E-state index contributed by atoms with van der Waals surface area (Å²) < 4.78 is 0.977. The van der Waals surface area contributed by atoms with Crippen molar-refractivity contribution in [3.63, 3.8) is 0 Å². The molecule has 0 bridgehead atoms. The van der Waals surface area contributed by atoms with Crippen LogP contribution in [0.15, 0.2) is 59.2 Å². The van der Waals surface area contributed by atoms with Gasteiger partial charge in [-0.05, 0) is 53.0 Å². The molecule has 0 amide bonds. The van der Waals surface area contributed by atoms with Crippen molar-refractivity contribution in [2.24, 2.45) is 0 Å². The van der Waals surface area contributed by atoms with Crippen molar-refractivity contribution in [2.75, 3.05) is 10.2 Å². The van der Waals surface area contributed by atoms with E-state index in [9.17, 15) is 0 Å². The van der Waals surface area contributed by atoms with Crippen LogP contribution in [0.4, 0.5) is 23.1 Å². The zero-order chi connectivity index (χ0) is 16.5. The van der Waals surface area contributed by atoms with Crippen LogP contribution in [-0.2, 0) is 6.42 Å². The largest absolute Gasteiger partial charge is 0.338 e. The van der Waals surface area contributed by atoms with Crippen LogP contribution in [0.2, 0.25) is 0 Å². The fraction of sp³-hybridized carbons (Fsp3) is 0.167. The third kappa shape index (κ3) is 2.73. The van der Waals surface area contributed by atoms with Gasteiger partial charge in [-0.15, -0.1) is 5.10 Å². The molecule has 0 spiro atoms. The maximum Gasteiger partial charge on any atom is 0.252 e. The van der Waals surface area contributed by atoms with Crippen LogP contribution in [-0.4, -0.2) is 21.2 Å². The van der Waals surface area contributed by atoms with Gasteiger partial charge in [0.15, 0.2) is 5.82 Å². The smallest absolute Gasteiger partial charge is 0.252 e. The van der Waals surface area contributed by atoms with Crippen LogP contribution >= 0.6 is 15.9 Å². The number of hydrogen-bond acceptors (Lipinski definition) is 5. The Morgan fingerprint density at radius 2 is 1.92 bits per heavy atom. The molecule has 5 nitrogen and oxygen atoms in total. The monoisotopic (exact) mass is 381 g/mol. The molecule has 1 unspecified atom stereocenters. The van der Waals surface area contributed by atoms with Gasteiger partial charge in [-0.25, -0.2) is 0 Å². The SMILES string of the molecule is CC1Cc2ccccc2N1c1nncc(Nc2ccccc2Br)n1. The molecule has 1 aromatic heterocycles. The van der Waals surface area contributed by atoms with E-state index in [4.69, 9.17) is 0 Å². The Bertz CT molecular complexity index is 883. The zero-order valence-corrected chi connectivity index (χ0v) is 14.7. The second-order valence-corrected chi connectivity index (χ2v) is 6.65. The highest BCUT2D eigenvalue weighted by Crippen LogP contribution is 2.36. The van der Waals surface area contributed by atoms with Crippen LogP contribution in [0.25, 0.3) is 0 Å². The van der Waals surface area contributed by atoms with Crippen LogP contribution in [0, 0.1) is 0 Å². The predicted molar refractivity (Wildman–Crippen MR) is 99.0 cm³/mol. The lowest BCUT2D eigenvalue weighted by Gasteiger charge is -2.22. The highest BCUT2D eigenvalue weighted by atomic mass is 79.9. The first-order valence-electron chi connectivity index (χ1n) is 7.81. The normalized spacial score (nSPS) is 16.1. The van der Waals surface area contributed by atoms with Gasteiger partial charge in [0.1, 0.15) is 0 Å². The molecule has 0 radical (unpaired) electrons. The Balaban J connectivity index is 1.67. The van der Waals surface area contributed by atoms with Crippen LogP contribution < -0.4 is 10.2 Å². The highest BCUT2D eigenvalue weighted by molar-refractivity contribution is 9.10. The Morgan fingerprint density at radius 3 is 2.79 bits per heavy atom. The van der Waals surface area contributed by atoms with E-state index < -0.39 is 0 Å². The quantitative estimate of drug-likeness (QED) is 0.725. The molecule has 0 saturated heterocycles. The molecule has 3 aromatic rings. The van der Waals surface area contributed by atoms with E-state index in [0.717, 1.165) is 22.3 Å². The number of benzene rings is 2. The summed E-state index contributed by atoms with van der Waals surface area (Å²) in [6, 6.07) is 16.6. The van der Waals surface area contributed by atoms with Crippen molar-refractivity contribution in [3.8, 4) is 0 Å². The lowest BCUT2D eigenvalue weighted by atomic mass is 10.1. The molecule has 6 heteroatoms. The third-order valence-corrected chi connectivity index (χ3v) is 4.80. The summed E-state index contributed by atoms with van der Waals surface area (Å²) in [5, 5.41) is 11.7. The van der Waals surface area contributed by atoms with E-state index in [1.54, 1.807) is 6.20 Å². The average Bonchev–Trinajstić information content (AvgIpc) is 2.93. The second-order valence-electron chi connectivity index (χ2n) is 5.80. The van der Waals surface area contributed by atoms with Crippen molar-refractivity contribution in [1.29, 1.82) is 0 Å². The number of hydrogen-bond donors (Lipinski definition) is 1. The van der Waals surface area contributed by atoms with Crippen molar-refractivity contribution in [2.45, 2.75) is 19.4 Å². The molecule has 1 aliphatic rings. The molecule has 1 N–H and O–H groups in total. The van der Waals surface area contributed by atoms with E-state index in [1.165, 1.54) is 5.56 Å². The van der Waals surface area contributed by atoms with E-state index in [-0.39, 0.29) is 0 Å². The number of para-hydroxylation sites is 2. The molecule has 0 aliphatic carbocycles. The Morgan fingerprint density at radius 1 is 1.12 bits per heavy atom. The second kappa shape index (κ2) is 6.20. The van der Waals surface area contributed by atoms with Gasteiger partial charge >= 0.3 is 0 Å². The van der Waals surface area contributed by atoms with E-state index >= 15 is 0 Å². The molecule has 1 aliphatic heterocycles. The zero-order valence-electron chi connectivity index (χ0n) is 13.1. The van der Waals surface area contributed by atoms with E-state index in [2.05, 4.69) is 66.5 Å². The van der Waals surface area contributed by atoms with Crippen LogP contribution in [0.1, 0.15) is 12.5 Å². The predicted octanol–water partition coefficient (Wildman–Crippen LogP) is 4.46. The summed E-state index contributed by atoms with van der Waals surface area (Å²) in [4.78, 5) is 6.81. The van der Waals surface area contributed by atoms with Gasteiger partial charge in [-0.3, -0.25) is 0 Å². The third-order valence-electron chi connectivity index (χ3n) is 4.11. The first kappa shape index (κ1) is 15.1. The molecular weight excluding hydrogens is 366 g/mol. The summed E-state index contributed by atoms with van der Waals surface area (Å²) in [5.74, 6) is 1.29. The first-order chi connectivity index (χ1) is 11.7. The first-order valence-corrected chi connectivity index (χ1v) is 8.60. The molecule has 2 heterocycles.